The molecule has 3 N–H and O–H groups in total. The number of rotatable bonds is 9. The summed E-state index contributed by atoms with van der Waals surface area (Å²) >= 11 is 0. The van der Waals surface area contributed by atoms with E-state index in [-0.39, 0.29) is 11.8 Å². The fourth-order valence-electron chi connectivity index (χ4n) is 2.07. The van der Waals surface area contributed by atoms with Gasteiger partial charge in [-0.15, -0.1) is 0 Å². The number of nitrogens with one attached hydrogen (secondary N) is 3. The highest BCUT2D eigenvalue weighted by Gasteiger charge is 2.06. The topological polar surface area (TPSA) is 65.5 Å². The summed E-state index contributed by atoms with van der Waals surface area (Å²) in [5, 5.41) is 9.51. The Morgan fingerprint density at radius 3 is 2.38 bits per heavy atom. The second kappa shape index (κ2) is 11.5. The van der Waals surface area contributed by atoms with Gasteiger partial charge in [0.15, 0.2) is 5.96 Å². The van der Waals surface area contributed by atoms with Crippen LogP contribution < -0.4 is 16.0 Å². The van der Waals surface area contributed by atoms with Crippen LogP contribution in [0, 0.1) is 5.92 Å². The van der Waals surface area contributed by atoms with Crippen LogP contribution in [0.5, 0.6) is 0 Å². The molecule has 0 bridgehead atoms. The largest absolute Gasteiger partial charge is 0.357 e. The van der Waals surface area contributed by atoms with Gasteiger partial charge in [0.05, 0.1) is 6.54 Å². The van der Waals surface area contributed by atoms with Crippen molar-refractivity contribution in [1.29, 1.82) is 0 Å². The lowest BCUT2D eigenvalue weighted by molar-refractivity contribution is -0.118. The minimum atomic E-state index is -0.0178. The molecule has 5 heteroatoms. The highest BCUT2D eigenvalue weighted by Crippen LogP contribution is 2.11. The number of guanidine groups is 1. The van der Waals surface area contributed by atoms with E-state index in [0.717, 1.165) is 36.7 Å². The molecule has 24 heavy (non-hydrogen) atoms. The van der Waals surface area contributed by atoms with E-state index < -0.39 is 0 Å². The number of benzene rings is 1. The molecule has 0 aromatic heterocycles. The Balaban J connectivity index is 2.54. The fraction of sp³-hybridized carbons (Fsp3) is 0.579. The summed E-state index contributed by atoms with van der Waals surface area (Å²) in [5.41, 5.74) is 1.94. The zero-order valence-corrected chi connectivity index (χ0v) is 15.5. The summed E-state index contributed by atoms with van der Waals surface area (Å²) in [5.74, 6) is 0.869. The number of carbonyl (C=O) groups is 1. The highest BCUT2D eigenvalue weighted by atomic mass is 16.1. The molecule has 1 amide bonds. The van der Waals surface area contributed by atoms with Crippen molar-refractivity contribution in [2.45, 2.75) is 53.5 Å². The number of unbranched alkanes of at least 4 members (excludes halogenated alkanes) is 2. The SMILES string of the molecule is CCCCCNC(=NCc1ccc(NC(=O)C(C)C)cc1)NCC. The molecule has 0 heterocycles. The molecule has 134 valence electrons. The number of carbonyl (C=O) groups excluding carboxylic acids is 1. The molecule has 0 saturated heterocycles. The van der Waals surface area contributed by atoms with Crippen molar-refractivity contribution in [3.05, 3.63) is 29.8 Å². The third-order valence-corrected chi connectivity index (χ3v) is 3.58. The van der Waals surface area contributed by atoms with Gasteiger partial charge in [0, 0.05) is 24.7 Å². The quantitative estimate of drug-likeness (QED) is 0.368. The van der Waals surface area contributed by atoms with Crippen LogP contribution in [0.2, 0.25) is 0 Å². The van der Waals surface area contributed by atoms with E-state index in [9.17, 15) is 4.79 Å². The zero-order valence-electron chi connectivity index (χ0n) is 15.5. The number of hydrogen-bond donors (Lipinski definition) is 3. The molecule has 0 aliphatic rings. The van der Waals surface area contributed by atoms with Crippen molar-refractivity contribution in [3.8, 4) is 0 Å². The van der Waals surface area contributed by atoms with Gasteiger partial charge in [-0.2, -0.15) is 0 Å². The molecule has 5 nitrogen and oxygen atoms in total. The van der Waals surface area contributed by atoms with Gasteiger partial charge >= 0.3 is 0 Å². The van der Waals surface area contributed by atoms with Gasteiger partial charge in [0.1, 0.15) is 0 Å². The van der Waals surface area contributed by atoms with Crippen LogP contribution in [0.4, 0.5) is 5.69 Å². The highest BCUT2D eigenvalue weighted by molar-refractivity contribution is 5.92. The third kappa shape index (κ3) is 7.99. The maximum absolute atomic E-state index is 11.7. The number of hydrogen-bond acceptors (Lipinski definition) is 2. The first-order valence-corrected chi connectivity index (χ1v) is 8.98. The average Bonchev–Trinajstić information content (AvgIpc) is 2.57. The minimum absolute atomic E-state index is 0.0178. The van der Waals surface area contributed by atoms with Crippen LogP contribution in [-0.2, 0) is 11.3 Å². The van der Waals surface area contributed by atoms with Crippen LogP contribution >= 0.6 is 0 Å². The Kier molecular flexibility index (Phi) is 9.58. The van der Waals surface area contributed by atoms with Crippen molar-refractivity contribution >= 4 is 17.6 Å². The number of amides is 1. The summed E-state index contributed by atoms with van der Waals surface area (Å²) in [7, 11) is 0. The summed E-state index contributed by atoms with van der Waals surface area (Å²) in [4.78, 5) is 16.3. The maximum atomic E-state index is 11.7. The van der Waals surface area contributed by atoms with E-state index in [1.807, 2.05) is 38.1 Å². The summed E-state index contributed by atoms with van der Waals surface area (Å²) in [6, 6.07) is 7.85. The van der Waals surface area contributed by atoms with Gasteiger partial charge < -0.3 is 16.0 Å². The molecule has 0 saturated carbocycles. The maximum Gasteiger partial charge on any atom is 0.226 e. The monoisotopic (exact) mass is 332 g/mol. The van der Waals surface area contributed by atoms with Gasteiger partial charge in [0.25, 0.3) is 0 Å². The predicted octanol–water partition coefficient (Wildman–Crippen LogP) is 3.53. The van der Waals surface area contributed by atoms with Crippen LogP contribution in [0.3, 0.4) is 0 Å². The normalized spacial score (nSPS) is 11.5. The van der Waals surface area contributed by atoms with Gasteiger partial charge in [-0.3, -0.25) is 4.79 Å². The van der Waals surface area contributed by atoms with Crippen molar-refractivity contribution in [2.75, 3.05) is 18.4 Å². The Morgan fingerprint density at radius 2 is 1.79 bits per heavy atom. The van der Waals surface area contributed by atoms with Crippen molar-refractivity contribution in [1.82, 2.24) is 10.6 Å². The molecular weight excluding hydrogens is 300 g/mol. The minimum Gasteiger partial charge on any atom is -0.357 e. The lowest BCUT2D eigenvalue weighted by atomic mass is 10.2. The van der Waals surface area contributed by atoms with Gasteiger partial charge in [-0.05, 0) is 31.0 Å². The Labute approximate surface area is 146 Å². The Hall–Kier alpha value is -2.04. The first-order chi connectivity index (χ1) is 11.6. The van der Waals surface area contributed by atoms with E-state index in [1.165, 1.54) is 12.8 Å². The average molecular weight is 332 g/mol. The smallest absolute Gasteiger partial charge is 0.226 e. The van der Waals surface area contributed by atoms with Gasteiger partial charge in [-0.25, -0.2) is 4.99 Å². The lowest BCUT2D eigenvalue weighted by Crippen LogP contribution is -2.37. The van der Waals surface area contributed by atoms with Crippen LogP contribution in [-0.4, -0.2) is 25.0 Å². The molecule has 0 fully saturated rings. The molecule has 0 aliphatic heterocycles. The van der Waals surface area contributed by atoms with Crippen LogP contribution in [0.25, 0.3) is 0 Å². The van der Waals surface area contributed by atoms with Crippen molar-refractivity contribution < 1.29 is 4.79 Å². The van der Waals surface area contributed by atoms with E-state index in [0.29, 0.717) is 6.54 Å². The second-order valence-corrected chi connectivity index (χ2v) is 6.17. The number of nitrogens with zero attached hydrogens (tertiary/aromatic N) is 1. The summed E-state index contributed by atoms with van der Waals surface area (Å²) in [6.07, 6.45) is 3.61. The molecular formula is C19H32N4O. The Bertz CT molecular complexity index is 509. The van der Waals surface area contributed by atoms with Crippen LogP contribution in [0.1, 0.15) is 52.5 Å². The van der Waals surface area contributed by atoms with E-state index in [2.05, 4.69) is 34.8 Å². The molecule has 0 unspecified atom stereocenters. The predicted molar refractivity (Wildman–Crippen MR) is 102 cm³/mol. The molecule has 1 aromatic rings. The summed E-state index contributed by atoms with van der Waals surface area (Å²) < 4.78 is 0. The van der Waals surface area contributed by atoms with Gasteiger partial charge in [0.2, 0.25) is 5.91 Å². The standard InChI is InChI=1S/C19H32N4O/c1-5-7-8-13-21-19(20-6-2)22-14-16-9-11-17(12-10-16)23-18(24)15(3)4/h9-12,15H,5-8,13-14H2,1-4H3,(H,23,24)(H2,20,21,22). The van der Waals surface area contributed by atoms with Gasteiger partial charge in [-0.1, -0.05) is 45.7 Å². The fourth-order valence-corrected chi connectivity index (χ4v) is 2.07. The van der Waals surface area contributed by atoms with E-state index in [1.54, 1.807) is 0 Å². The Morgan fingerprint density at radius 1 is 1.08 bits per heavy atom. The van der Waals surface area contributed by atoms with E-state index >= 15 is 0 Å². The number of aliphatic imine (C=N–C) groups is 1. The van der Waals surface area contributed by atoms with Crippen LogP contribution in [0.15, 0.2) is 29.3 Å². The third-order valence-electron chi connectivity index (χ3n) is 3.58. The number of anilines is 1. The molecule has 1 rings (SSSR count). The molecule has 0 radical (unpaired) electrons. The second-order valence-electron chi connectivity index (χ2n) is 6.17. The zero-order chi connectivity index (χ0) is 17.8. The summed E-state index contributed by atoms with van der Waals surface area (Å²) in [6.45, 7) is 10.4. The molecule has 0 aliphatic carbocycles. The van der Waals surface area contributed by atoms with Crippen molar-refractivity contribution in [2.24, 2.45) is 10.9 Å². The molecule has 0 atom stereocenters. The first-order valence-electron chi connectivity index (χ1n) is 8.98. The van der Waals surface area contributed by atoms with Crippen molar-refractivity contribution in [3.63, 3.8) is 0 Å². The van der Waals surface area contributed by atoms with E-state index in [4.69, 9.17) is 0 Å². The molecule has 0 spiro atoms. The molecule has 1 aromatic carbocycles. The first kappa shape index (κ1) is 20.0. The lowest BCUT2D eigenvalue weighted by Gasteiger charge is -2.11.